The van der Waals surface area contributed by atoms with Crippen LogP contribution in [0.1, 0.15) is 61.7 Å². The Morgan fingerprint density at radius 1 is 1.10 bits per heavy atom. The van der Waals surface area contributed by atoms with Crippen LogP contribution in [0.25, 0.3) is 0 Å². The van der Waals surface area contributed by atoms with Gasteiger partial charge in [-0.15, -0.1) is 0 Å². The summed E-state index contributed by atoms with van der Waals surface area (Å²) < 4.78 is 0. The molecule has 0 bridgehead atoms. The highest BCUT2D eigenvalue weighted by atomic mass is 16.4. The standard InChI is InChI=1S/C17H23NO2/c19-16(20)14-5-1-2-6-15(14)18-13-7-11-17(12-8-13)9-3-4-10-17/h1-2,5-6,13,18H,3-4,7-12H2,(H,19,20). The van der Waals surface area contributed by atoms with E-state index in [4.69, 9.17) is 0 Å². The van der Waals surface area contributed by atoms with Gasteiger partial charge in [0.2, 0.25) is 0 Å². The maximum absolute atomic E-state index is 11.2. The molecule has 0 unspecified atom stereocenters. The Kier molecular flexibility index (Phi) is 3.68. The second kappa shape index (κ2) is 5.47. The molecule has 2 N–H and O–H groups in total. The van der Waals surface area contributed by atoms with Gasteiger partial charge in [-0.3, -0.25) is 0 Å². The molecule has 3 nitrogen and oxygen atoms in total. The lowest BCUT2D eigenvalue weighted by atomic mass is 9.71. The predicted octanol–water partition coefficient (Wildman–Crippen LogP) is 4.30. The number of hydrogen-bond acceptors (Lipinski definition) is 2. The van der Waals surface area contributed by atoms with Crippen molar-refractivity contribution in [3.8, 4) is 0 Å². The van der Waals surface area contributed by atoms with E-state index in [0.29, 0.717) is 17.0 Å². The van der Waals surface area contributed by atoms with Crippen LogP contribution < -0.4 is 5.32 Å². The third-order valence-electron chi connectivity index (χ3n) is 5.23. The Hall–Kier alpha value is -1.51. The number of para-hydroxylation sites is 1. The molecule has 3 heteroatoms. The molecule has 0 amide bonds. The molecule has 2 aliphatic carbocycles. The van der Waals surface area contributed by atoms with Gasteiger partial charge in [0.05, 0.1) is 5.56 Å². The Bertz CT molecular complexity index is 482. The Balaban J connectivity index is 1.64. The minimum atomic E-state index is -0.851. The minimum absolute atomic E-state index is 0.383. The van der Waals surface area contributed by atoms with E-state index in [-0.39, 0.29) is 0 Å². The second-order valence-electron chi connectivity index (χ2n) is 6.48. The molecule has 0 heterocycles. The summed E-state index contributed by atoms with van der Waals surface area (Å²) in [4.78, 5) is 11.2. The van der Waals surface area contributed by atoms with Crippen molar-refractivity contribution in [3.63, 3.8) is 0 Å². The number of nitrogens with one attached hydrogen (secondary N) is 1. The van der Waals surface area contributed by atoms with Crippen molar-refractivity contribution >= 4 is 11.7 Å². The highest BCUT2D eigenvalue weighted by molar-refractivity contribution is 5.94. The molecule has 0 saturated heterocycles. The number of benzene rings is 1. The van der Waals surface area contributed by atoms with Gasteiger partial charge < -0.3 is 10.4 Å². The Morgan fingerprint density at radius 2 is 1.75 bits per heavy atom. The van der Waals surface area contributed by atoms with Crippen LogP contribution in [0.5, 0.6) is 0 Å². The number of anilines is 1. The van der Waals surface area contributed by atoms with E-state index in [0.717, 1.165) is 5.69 Å². The van der Waals surface area contributed by atoms with E-state index >= 15 is 0 Å². The molecule has 108 valence electrons. The molecule has 2 aliphatic rings. The van der Waals surface area contributed by atoms with E-state index in [9.17, 15) is 9.90 Å². The van der Waals surface area contributed by atoms with Crippen molar-refractivity contribution in [2.75, 3.05) is 5.32 Å². The molecule has 20 heavy (non-hydrogen) atoms. The van der Waals surface area contributed by atoms with E-state index in [1.54, 1.807) is 12.1 Å². The van der Waals surface area contributed by atoms with Gasteiger partial charge >= 0.3 is 5.97 Å². The summed E-state index contributed by atoms with van der Waals surface area (Å²) in [5, 5.41) is 12.7. The van der Waals surface area contributed by atoms with Crippen LogP contribution in [0, 0.1) is 5.41 Å². The predicted molar refractivity (Wildman–Crippen MR) is 80.2 cm³/mol. The summed E-state index contributed by atoms with van der Waals surface area (Å²) in [5.41, 5.74) is 1.78. The fraction of sp³-hybridized carbons (Fsp3) is 0.588. The number of aromatic carboxylic acids is 1. The molecule has 1 aromatic rings. The van der Waals surface area contributed by atoms with Gasteiger partial charge in [0.1, 0.15) is 0 Å². The van der Waals surface area contributed by atoms with Crippen LogP contribution in [0.15, 0.2) is 24.3 Å². The van der Waals surface area contributed by atoms with Crippen LogP contribution in [-0.2, 0) is 0 Å². The van der Waals surface area contributed by atoms with Crippen molar-refractivity contribution < 1.29 is 9.90 Å². The molecule has 1 aromatic carbocycles. The first-order valence-corrected chi connectivity index (χ1v) is 7.77. The third kappa shape index (κ3) is 2.67. The SMILES string of the molecule is O=C(O)c1ccccc1NC1CCC2(CCCC2)CC1. The number of carboxylic acids is 1. The molecule has 0 aromatic heterocycles. The summed E-state index contributed by atoms with van der Waals surface area (Å²) in [7, 11) is 0. The highest BCUT2D eigenvalue weighted by Crippen LogP contribution is 2.49. The summed E-state index contributed by atoms with van der Waals surface area (Å²) in [6, 6.07) is 7.66. The van der Waals surface area contributed by atoms with Crippen molar-refractivity contribution in [2.24, 2.45) is 5.41 Å². The van der Waals surface area contributed by atoms with Crippen molar-refractivity contribution in [2.45, 2.75) is 57.4 Å². The van der Waals surface area contributed by atoms with E-state index < -0.39 is 5.97 Å². The molecule has 0 radical (unpaired) electrons. The van der Waals surface area contributed by atoms with Crippen LogP contribution in [0.3, 0.4) is 0 Å². The molecular formula is C17H23NO2. The smallest absolute Gasteiger partial charge is 0.337 e. The van der Waals surface area contributed by atoms with Crippen molar-refractivity contribution in [1.82, 2.24) is 0 Å². The average molecular weight is 273 g/mol. The Labute approximate surface area is 120 Å². The van der Waals surface area contributed by atoms with Gasteiger partial charge in [-0.1, -0.05) is 25.0 Å². The van der Waals surface area contributed by atoms with E-state index in [1.807, 2.05) is 12.1 Å². The zero-order valence-corrected chi connectivity index (χ0v) is 11.9. The normalized spacial score (nSPS) is 22.0. The summed E-state index contributed by atoms with van der Waals surface area (Å²) in [6.07, 6.45) is 10.6. The van der Waals surface area contributed by atoms with Crippen LogP contribution in [0.2, 0.25) is 0 Å². The van der Waals surface area contributed by atoms with Gasteiger partial charge in [0, 0.05) is 11.7 Å². The lowest BCUT2D eigenvalue weighted by molar-refractivity contribution is 0.0697. The molecule has 0 aliphatic heterocycles. The van der Waals surface area contributed by atoms with Gasteiger partial charge in [-0.05, 0) is 56.1 Å². The van der Waals surface area contributed by atoms with Crippen LogP contribution in [-0.4, -0.2) is 17.1 Å². The summed E-state index contributed by atoms with van der Waals surface area (Å²) >= 11 is 0. The lowest BCUT2D eigenvalue weighted by Crippen LogP contribution is -2.32. The fourth-order valence-electron chi connectivity index (χ4n) is 4.01. The quantitative estimate of drug-likeness (QED) is 0.863. The van der Waals surface area contributed by atoms with Crippen molar-refractivity contribution in [3.05, 3.63) is 29.8 Å². The lowest BCUT2D eigenvalue weighted by Gasteiger charge is -2.38. The summed E-state index contributed by atoms with van der Waals surface area (Å²) in [5.74, 6) is -0.851. The second-order valence-corrected chi connectivity index (χ2v) is 6.48. The number of hydrogen-bond donors (Lipinski definition) is 2. The van der Waals surface area contributed by atoms with Gasteiger partial charge in [-0.2, -0.15) is 0 Å². The van der Waals surface area contributed by atoms with Crippen LogP contribution >= 0.6 is 0 Å². The molecule has 2 saturated carbocycles. The monoisotopic (exact) mass is 273 g/mol. The maximum Gasteiger partial charge on any atom is 0.337 e. The first-order valence-electron chi connectivity index (χ1n) is 7.77. The van der Waals surface area contributed by atoms with Gasteiger partial charge in [0.15, 0.2) is 0 Å². The molecule has 0 atom stereocenters. The van der Waals surface area contributed by atoms with Crippen LogP contribution in [0.4, 0.5) is 5.69 Å². The summed E-state index contributed by atoms with van der Waals surface area (Å²) in [6.45, 7) is 0. The molecule has 2 fully saturated rings. The largest absolute Gasteiger partial charge is 0.478 e. The molecular weight excluding hydrogens is 250 g/mol. The third-order valence-corrected chi connectivity index (χ3v) is 5.23. The molecule has 1 spiro atoms. The van der Waals surface area contributed by atoms with E-state index in [1.165, 1.54) is 51.4 Å². The first-order chi connectivity index (χ1) is 9.69. The van der Waals surface area contributed by atoms with Crippen molar-refractivity contribution in [1.29, 1.82) is 0 Å². The highest BCUT2D eigenvalue weighted by Gasteiger charge is 2.37. The van der Waals surface area contributed by atoms with E-state index in [2.05, 4.69) is 5.32 Å². The topological polar surface area (TPSA) is 49.3 Å². The Morgan fingerprint density at radius 3 is 2.40 bits per heavy atom. The van der Waals surface area contributed by atoms with Gasteiger partial charge in [0.25, 0.3) is 0 Å². The molecule has 3 rings (SSSR count). The fourth-order valence-corrected chi connectivity index (χ4v) is 4.01. The number of carbonyl (C=O) groups is 1. The number of carboxylic acid groups (broad SMARTS) is 1. The zero-order chi connectivity index (χ0) is 14.0. The van der Waals surface area contributed by atoms with Gasteiger partial charge in [-0.25, -0.2) is 4.79 Å². The minimum Gasteiger partial charge on any atom is -0.478 e. The zero-order valence-electron chi connectivity index (χ0n) is 11.9. The first kappa shape index (κ1) is 13.5. The number of rotatable bonds is 3. The maximum atomic E-state index is 11.2. The average Bonchev–Trinajstić information content (AvgIpc) is 2.90.